The predicted octanol–water partition coefficient (Wildman–Crippen LogP) is 2.40. The molecule has 1 N–H and O–H groups in total. The molecule has 1 aliphatic heterocycles. The van der Waals surface area contributed by atoms with Crippen LogP contribution < -0.4 is 5.32 Å². The van der Waals surface area contributed by atoms with Crippen molar-refractivity contribution < 1.29 is 14.3 Å². The third-order valence-corrected chi connectivity index (χ3v) is 5.29. The number of benzene rings is 1. The van der Waals surface area contributed by atoms with E-state index in [1.807, 2.05) is 36.6 Å². The first-order valence-corrected chi connectivity index (χ1v) is 9.85. The van der Waals surface area contributed by atoms with Gasteiger partial charge in [0.05, 0.1) is 18.0 Å². The van der Waals surface area contributed by atoms with Crippen LogP contribution in [-0.2, 0) is 16.6 Å². The quantitative estimate of drug-likeness (QED) is 0.796. The topological polar surface area (TPSA) is 76.5 Å². The summed E-state index contributed by atoms with van der Waals surface area (Å²) in [6.07, 6.45) is 3.61. The van der Waals surface area contributed by atoms with Gasteiger partial charge in [-0.15, -0.1) is 0 Å². The Morgan fingerprint density at radius 3 is 2.48 bits per heavy atom. The van der Waals surface area contributed by atoms with Crippen LogP contribution in [0.4, 0.5) is 5.69 Å². The van der Waals surface area contributed by atoms with Gasteiger partial charge in [-0.3, -0.25) is 9.59 Å². The maximum absolute atomic E-state index is 12.7. The van der Waals surface area contributed by atoms with E-state index in [1.165, 1.54) is 11.8 Å². The van der Waals surface area contributed by atoms with Crippen molar-refractivity contribution in [3.05, 3.63) is 42.2 Å². The zero-order chi connectivity index (χ0) is 19.4. The fraction of sp³-hybridized carbons (Fsp3) is 0.421. The number of carbonyl (C=O) groups excluding carboxylic acids is 2. The number of amides is 2. The van der Waals surface area contributed by atoms with E-state index in [0.29, 0.717) is 24.3 Å². The lowest BCUT2D eigenvalue weighted by Gasteiger charge is -2.35. The Bertz CT molecular complexity index is 796. The predicted molar refractivity (Wildman–Crippen MR) is 105 cm³/mol. The number of morpholine rings is 1. The summed E-state index contributed by atoms with van der Waals surface area (Å²) in [5.74, 6) is 0.146. The molecular weight excluding hydrogens is 364 g/mol. The van der Waals surface area contributed by atoms with Crippen LogP contribution in [-0.4, -0.2) is 57.3 Å². The van der Waals surface area contributed by atoms with Gasteiger partial charge in [-0.1, -0.05) is 11.8 Å². The van der Waals surface area contributed by atoms with E-state index < -0.39 is 0 Å². The first-order chi connectivity index (χ1) is 12.9. The van der Waals surface area contributed by atoms with E-state index >= 15 is 0 Å². The molecule has 2 amide bonds. The van der Waals surface area contributed by atoms with Gasteiger partial charge < -0.3 is 19.5 Å². The molecule has 3 rings (SSSR count). The van der Waals surface area contributed by atoms with Gasteiger partial charge in [-0.2, -0.15) is 0 Å². The molecule has 1 fully saturated rings. The number of nitrogens with zero attached hydrogens (tertiary/aromatic N) is 3. The molecule has 1 aliphatic rings. The van der Waals surface area contributed by atoms with E-state index in [0.717, 1.165) is 5.16 Å². The third kappa shape index (κ3) is 5.11. The molecule has 7 nitrogen and oxygen atoms in total. The lowest BCUT2D eigenvalue weighted by Crippen LogP contribution is -2.48. The zero-order valence-electron chi connectivity index (χ0n) is 15.7. The second kappa shape index (κ2) is 8.58. The highest BCUT2D eigenvalue weighted by Gasteiger charge is 2.26. The first-order valence-electron chi connectivity index (χ1n) is 8.87. The van der Waals surface area contributed by atoms with Gasteiger partial charge in [0.15, 0.2) is 5.16 Å². The molecule has 2 heterocycles. The fourth-order valence-electron chi connectivity index (χ4n) is 3.04. The summed E-state index contributed by atoms with van der Waals surface area (Å²) in [6.45, 7) is 5.12. The van der Waals surface area contributed by atoms with Crippen molar-refractivity contribution in [2.75, 3.05) is 24.2 Å². The highest BCUT2D eigenvalue weighted by Crippen LogP contribution is 2.18. The largest absolute Gasteiger partial charge is 0.372 e. The van der Waals surface area contributed by atoms with Gasteiger partial charge in [0.25, 0.3) is 5.91 Å². The Morgan fingerprint density at radius 2 is 1.89 bits per heavy atom. The molecule has 0 spiro atoms. The number of aryl methyl sites for hydroxylation is 1. The van der Waals surface area contributed by atoms with Gasteiger partial charge in [0, 0.05) is 43.8 Å². The van der Waals surface area contributed by atoms with Crippen molar-refractivity contribution in [2.45, 2.75) is 31.2 Å². The standard InChI is InChI=1S/C19H24N4O3S/c1-13-10-23(11-14(2)26-13)18(25)15-4-6-16(7-5-15)21-17(24)12-27-19-20-8-9-22(19)3/h4-9,13-14H,10-12H2,1-3H3,(H,21,24)/t13-,14-/m1/s1. The number of hydrogen-bond donors (Lipinski definition) is 1. The van der Waals surface area contributed by atoms with Gasteiger partial charge in [0.1, 0.15) is 0 Å². The Morgan fingerprint density at radius 1 is 1.22 bits per heavy atom. The molecular formula is C19H24N4O3S. The van der Waals surface area contributed by atoms with Crippen LogP contribution in [0.25, 0.3) is 0 Å². The molecule has 0 bridgehead atoms. The summed E-state index contributed by atoms with van der Waals surface area (Å²) in [6, 6.07) is 7.00. The van der Waals surface area contributed by atoms with Crippen LogP contribution in [0.1, 0.15) is 24.2 Å². The molecule has 2 atom stereocenters. The molecule has 2 aromatic rings. The molecule has 0 saturated carbocycles. The van der Waals surface area contributed by atoms with Gasteiger partial charge in [-0.25, -0.2) is 4.98 Å². The summed E-state index contributed by atoms with van der Waals surface area (Å²) in [4.78, 5) is 30.8. The molecule has 0 aliphatic carbocycles. The number of carbonyl (C=O) groups is 2. The monoisotopic (exact) mass is 388 g/mol. The SMILES string of the molecule is C[C@@H]1CN(C(=O)c2ccc(NC(=O)CSc3nccn3C)cc2)C[C@@H](C)O1. The van der Waals surface area contributed by atoms with Crippen LogP contribution in [0.3, 0.4) is 0 Å². The second-order valence-electron chi connectivity index (χ2n) is 6.70. The van der Waals surface area contributed by atoms with Crippen molar-refractivity contribution in [1.82, 2.24) is 14.5 Å². The zero-order valence-corrected chi connectivity index (χ0v) is 16.5. The number of imidazole rings is 1. The Balaban J connectivity index is 1.54. The van der Waals surface area contributed by atoms with Crippen LogP contribution in [0.15, 0.2) is 41.8 Å². The summed E-state index contributed by atoms with van der Waals surface area (Å²) >= 11 is 1.38. The van der Waals surface area contributed by atoms with Crippen LogP contribution in [0, 0.1) is 0 Å². The van der Waals surface area contributed by atoms with E-state index in [1.54, 1.807) is 30.5 Å². The summed E-state index contributed by atoms with van der Waals surface area (Å²) in [7, 11) is 1.89. The maximum atomic E-state index is 12.7. The van der Waals surface area contributed by atoms with Crippen LogP contribution in [0.5, 0.6) is 0 Å². The molecule has 8 heteroatoms. The number of rotatable bonds is 5. The fourth-order valence-corrected chi connectivity index (χ4v) is 3.77. The number of nitrogens with one attached hydrogen (secondary N) is 1. The molecule has 144 valence electrons. The van der Waals surface area contributed by atoms with Crippen molar-refractivity contribution >= 4 is 29.3 Å². The first kappa shape index (κ1) is 19.4. The summed E-state index contributed by atoms with van der Waals surface area (Å²) < 4.78 is 7.54. The second-order valence-corrected chi connectivity index (χ2v) is 7.64. The number of aromatic nitrogens is 2. The van der Waals surface area contributed by atoms with E-state index in [4.69, 9.17) is 4.74 Å². The number of anilines is 1. The summed E-state index contributed by atoms with van der Waals surface area (Å²) in [5.41, 5.74) is 1.28. The highest BCUT2D eigenvalue weighted by molar-refractivity contribution is 7.99. The number of ether oxygens (including phenoxy) is 1. The van der Waals surface area contributed by atoms with E-state index in [-0.39, 0.29) is 29.8 Å². The van der Waals surface area contributed by atoms with Crippen molar-refractivity contribution in [1.29, 1.82) is 0 Å². The van der Waals surface area contributed by atoms with Crippen LogP contribution >= 0.6 is 11.8 Å². The lowest BCUT2D eigenvalue weighted by molar-refractivity contribution is -0.113. The Kier molecular flexibility index (Phi) is 6.18. The molecule has 0 unspecified atom stereocenters. The molecule has 1 aromatic carbocycles. The smallest absolute Gasteiger partial charge is 0.254 e. The average molecular weight is 388 g/mol. The van der Waals surface area contributed by atoms with Crippen molar-refractivity contribution in [2.24, 2.45) is 7.05 Å². The van der Waals surface area contributed by atoms with Crippen molar-refractivity contribution in [3.63, 3.8) is 0 Å². The van der Waals surface area contributed by atoms with Gasteiger partial charge in [-0.05, 0) is 38.1 Å². The molecule has 1 saturated heterocycles. The van der Waals surface area contributed by atoms with Crippen molar-refractivity contribution in [3.8, 4) is 0 Å². The lowest BCUT2D eigenvalue weighted by atomic mass is 10.1. The average Bonchev–Trinajstić information content (AvgIpc) is 3.04. The minimum atomic E-state index is -0.113. The Hall–Kier alpha value is -2.32. The summed E-state index contributed by atoms with van der Waals surface area (Å²) in [5, 5.41) is 3.63. The van der Waals surface area contributed by atoms with Gasteiger partial charge >= 0.3 is 0 Å². The number of hydrogen-bond acceptors (Lipinski definition) is 5. The van der Waals surface area contributed by atoms with E-state index in [9.17, 15) is 9.59 Å². The number of thioether (sulfide) groups is 1. The third-order valence-electron chi connectivity index (χ3n) is 4.23. The minimum Gasteiger partial charge on any atom is -0.372 e. The van der Waals surface area contributed by atoms with Crippen LogP contribution in [0.2, 0.25) is 0 Å². The molecule has 0 radical (unpaired) electrons. The maximum Gasteiger partial charge on any atom is 0.254 e. The highest BCUT2D eigenvalue weighted by atomic mass is 32.2. The van der Waals surface area contributed by atoms with E-state index in [2.05, 4.69) is 10.3 Å². The normalized spacial score (nSPS) is 19.7. The molecule has 27 heavy (non-hydrogen) atoms. The Labute approximate surface area is 163 Å². The minimum absolute atomic E-state index is 0.0137. The molecule has 1 aromatic heterocycles. The van der Waals surface area contributed by atoms with Gasteiger partial charge in [0.2, 0.25) is 5.91 Å².